The van der Waals surface area contributed by atoms with Crippen molar-refractivity contribution in [3.63, 3.8) is 0 Å². The van der Waals surface area contributed by atoms with Gasteiger partial charge >= 0.3 is 0 Å². The fraction of sp³-hybridized carbons (Fsp3) is 1.00. The van der Waals surface area contributed by atoms with Crippen molar-refractivity contribution in [2.45, 2.75) is 51.5 Å². The number of hydrogen-bond donors (Lipinski definition) is 1. The average Bonchev–Trinajstić information content (AvgIpc) is 2.91. The summed E-state index contributed by atoms with van der Waals surface area (Å²) in [4.78, 5) is 2.73. The van der Waals surface area contributed by atoms with E-state index in [1.165, 1.54) is 51.7 Å². The number of nitrogens with zero attached hydrogens (tertiary/aromatic N) is 1. The minimum absolute atomic E-state index is 0. The Bertz CT molecular complexity index is 269. The predicted molar refractivity (Wildman–Crippen MR) is 79.0 cm³/mol. The van der Waals surface area contributed by atoms with Crippen molar-refractivity contribution in [3.8, 4) is 0 Å². The zero-order chi connectivity index (χ0) is 11.8. The highest BCUT2D eigenvalue weighted by Gasteiger charge is 2.40. The molecule has 3 fully saturated rings. The average molecular weight is 273 g/mol. The first-order valence-corrected chi connectivity index (χ1v) is 7.70. The van der Waals surface area contributed by atoms with E-state index in [0.29, 0.717) is 6.04 Å². The highest BCUT2D eigenvalue weighted by molar-refractivity contribution is 5.85. The third-order valence-electron chi connectivity index (χ3n) is 5.66. The molecule has 0 aromatic rings. The Morgan fingerprint density at radius 3 is 2.67 bits per heavy atom. The van der Waals surface area contributed by atoms with E-state index in [9.17, 15) is 0 Å². The van der Waals surface area contributed by atoms with E-state index in [1.807, 2.05) is 0 Å². The van der Waals surface area contributed by atoms with E-state index >= 15 is 0 Å². The Labute approximate surface area is 118 Å². The molecular formula is C15H29ClN2. The molecule has 2 nitrogen and oxygen atoms in total. The van der Waals surface area contributed by atoms with Gasteiger partial charge in [-0.05, 0) is 69.2 Å². The molecule has 1 aliphatic heterocycles. The van der Waals surface area contributed by atoms with Gasteiger partial charge in [-0.25, -0.2) is 0 Å². The lowest BCUT2D eigenvalue weighted by Gasteiger charge is -2.37. The summed E-state index contributed by atoms with van der Waals surface area (Å²) in [5.41, 5.74) is 6.07. The summed E-state index contributed by atoms with van der Waals surface area (Å²) in [5, 5.41) is 0. The van der Waals surface area contributed by atoms with Crippen molar-refractivity contribution in [1.82, 2.24) is 4.90 Å². The van der Waals surface area contributed by atoms with Crippen LogP contribution in [0.15, 0.2) is 0 Å². The molecule has 0 radical (unpaired) electrons. The largest absolute Gasteiger partial charge is 0.328 e. The van der Waals surface area contributed by atoms with Crippen molar-refractivity contribution in [2.24, 2.45) is 29.4 Å². The van der Waals surface area contributed by atoms with Gasteiger partial charge in [0.2, 0.25) is 0 Å². The summed E-state index contributed by atoms with van der Waals surface area (Å²) >= 11 is 0. The molecular weight excluding hydrogens is 244 g/mol. The van der Waals surface area contributed by atoms with Crippen LogP contribution in [0.1, 0.15) is 45.4 Å². The Balaban J connectivity index is 0.00000120. The van der Waals surface area contributed by atoms with E-state index in [0.717, 1.165) is 23.7 Å². The number of piperidine rings is 1. The molecule has 5 atom stereocenters. The van der Waals surface area contributed by atoms with E-state index in [-0.39, 0.29) is 12.4 Å². The van der Waals surface area contributed by atoms with Crippen LogP contribution in [0.3, 0.4) is 0 Å². The Kier molecular flexibility index (Phi) is 4.96. The lowest BCUT2D eigenvalue weighted by molar-refractivity contribution is 0.123. The maximum Gasteiger partial charge on any atom is 0.00509 e. The van der Waals surface area contributed by atoms with Crippen LogP contribution in [0.25, 0.3) is 0 Å². The molecule has 5 unspecified atom stereocenters. The molecule has 3 heteroatoms. The second-order valence-electron chi connectivity index (χ2n) is 6.96. The summed E-state index contributed by atoms with van der Waals surface area (Å²) < 4.78 is 0. The van der Waals surface area contributed by atoms with Gasteiger partial charge in [0.1, 0.15) is 0 Å². The van der Waals surface area contributed by atoms with Crippen LogP contribution in [-0.2, 0) is 0 Å². The molecule has 3 aliphatic rings. The van der Waals surface area contributed by atoms with Gasteiger partial charge in [-0.15, -0.1) is 12.4 Å². The van der Waals surface area contributed by atoms with Crippen molar-refractivity contribution in [2.75, 3.05) is 19.6 Å². The molecule has 3 rings (SSSR count). The Morgan fingerprint density at radius 1 is 1.22 bits per heavy atom. The molecule has 18 heavy (non-hydrogen) atoms. The van der Waals surface area contributed by atoms with Crippen LogP contribution >= 0.6 is 12.4 Å². The number of hydrogen-bond acceptors (Lipinski definition) is 2. The second-order valence-corrected chi connectivity index (χ2v) is 6.96. The lowest BCUT2D eigenvalue weighted by atomic mass is 9.86. The van der Waals surface area contributed by atoms with E-state index in [4.69, 9.17) is 5.73 Å². The first kappa shape index (κ1) is 14.6. The number of nitrogens with two attached hydrogens (primary N) is 1. The molecule has 2 bridgehead atoms. The van der Waals surface area contributed by atoms with E-state index in [1.54, 1.807) is 6.42 Å². The van der Waals surface area contributed by atoms with Gasteiger partial charge in [0.05, 0.1) is 0 Å². The monoisotopic (exact) mass is 272 g/mol. The number of fused-ring (bicyclic) bond motifs is 2. The van der Waals surface area contributed by atoms with Crippen molar-refractivity contribution < 1.29 is 0 Å². The molecule has 0 spiro atoms. The van der Waals surface area contributed by atoms with Crippen molar-refractivity contribution in [3.05, 3.63) is 0 Å². The van der Waals surface area contributed by atoms with Gasteiger partial charge < -0.3 is 10.6 Å². The number of halogens is 1. The molecule has 2 N–H and O–H groups in total. The summed E-state index contributed by atoms with van der Waals surface area (Å²) in [7, 11) is 0. The standard InChI is InChI=1S/C15H28N2.ClH/c1-11(16)14-3-2-6-17(9-14)10-15-8-12-4-5-13(15)7-12;/h11-15H,2-10,16H2,1H3;1H. The van der Waals surface area contributed by atoms with Crippen molar-refractivity contribution >= 4 is 12.4 Å². The summed E-state index contributed by atoms with van der Waals surface area (Å²) in [6.07, 6.45) is 8.86. The summed E-state index contributed by atoms with van der Waals surface area (Å²) in [6, 6.07) is 0.387. The molecule has 1 heterocycles. The van der Waals surface area contributed by atoms with Crippen LogP contribution in [0, 0.1) is 23.7 Å². The molecule has 1 saturated heterocycles. The number of rotatable bonds is 3. The maximum absolute atomic E-state index is 6.07. The topological polar surface area (TPSA) is 29.3 Å². The lowest BCUT2D eigenvalue weighted by Crippen LogP contribution is -2.44. The molecule has 106 valence electrons. The minimum atomic E-state index is 0. The fourth-order valence-corrected chi connectivity index (χ4v) is 4.62. The predicted octanol–water partition coefficient (Wildman–Crippen LogP) is 2.90. The zero-order valence-corrected chi connectivity index (χ0v) is 12.5. The second kappa shape index (κ2) is 6.11. The highest BCUT2D eigenvalue weighted by atomic mass is 35.5. The molecule has 0 aromatic carbocycles. The first-order valence-electron chi connectivity index (χ1n) is 7.70. The molecule has 2 saturated carbocycles. The SMILES string of the molecule is CC(N)C1CCCN(CC2CC3CCC2C3)C1.Cl. The highest BCUT2D eigenvalue weighted by Crippen LogP contribution is 2.48. The Hall–Kier alpha value is 0.210. The van der Waals surface area contributed by atoms with Gasteiger partial charge in [0.15, 0.2) is 0 Å². The third-order valence-corrected chi connectivity index (χ3v) is 5.66. The van der Waals surface area contributed by atoms with Gasteiger partial charge in [-0.2, -0.15) is 0 Å². The zero-order valence-electron chi connectivity index (χ0n) is 11.7. The first-order chi connectivity index (χ1) is 8.22. The minimum Gasteiger partial charge on any atom is -0.328 e. The molecule has 0 amide bonds. The van der Waals surface area contributed by atoms with Gasteiger partial charge in [0.25, 0.3) is 0 Å². The summed E-state index contributed by atoms with van der Waals surface area (Å²) in [5.74, 6) is 3.96. The molecule has 0 aromatic heterocycles. The Morgan fingerprint density at radius 2 is 2.06 bits per heavy atom. The molecule has 2 aliphatic carbocycles. The van der Waals surface area contributed by atoms with Gasteiger partial charge in [0, 0.05) is 19.1 Å². The van der Waals surface area contributed by atoms with Crippen LogP contribution in [0.5, 0.6) is 0 Å². The van der Waals surface area contributed by atoms with Crippen LogP contribution in [0.4, 0.5) is 0 Å². The third kappa shape index (κ3) is 3.02. The summed E-state index contributed by atoms with van der Waals surface area (Å²) in [6.45, 7) is 6.17. The van der Waals surface area contributed by atoms with E-state index in [2.05, 4.69) is 11.8 Å². The van der Waals surface area contributed by atoms with Crippen molar-refractivity contribution in [1.29, 1.82) is 0 Å². The quantitative estimate of drug-likeness (QED) is 0.856. The number of likely N-dealkylation sites (tertiary alicyclic amines) is 1. The van der Waals surface area contributed by atoms with Crippen LogP contribution in [-0.4, -0.2) is 30.6 Å². The maximum atomic E-state index is 6.07. The van der Waals surface area contributed by atoms with Gasteiger partial charge in [-0.1, -0.05) is 6.42 Å². The smallest absolute Gasteiger partial charge is 0.00509 e. The normalized spacial score (nSPS) is 41.7. The fourth-order valence-electron chi connectivity index (χ4n) is 4.62. The van der Waals surface area contributed by atoms with Crippen LogP contribution in [0.2, 0.25) is 0 Å². The van der Waals surface area contributed by atoms with E-state index < -0.39 is 0 Å². The van der Waals surface area contributed by atoms with Crippen LogP contribution < -0.4 is 5.73 Å². The van der Waals surface area contributed by atoms with Gasteiger partial charge in [-0.3, -0.25) is 0 Å².